The van der Waals surface area contributed by atoms with Crippen LogP contribution in [0.4, 0.5) is 0 Å². The molecule has 0 fully saturated rings. The van der Waals surface area contributed by atoms with E-state index in [2.05, 4.69) is 335 Å². The molecule has 0 N–H and O–H groups in total. The number of aromatic nitrogens is 5. The molecular weight excluding hydrogens is 1110 g/mol. The number of benzene rings is 13. The van der Waals surface area contributed by atoms with E-state index in [1.807, 2.05) is 0 Å². The highest BCUT2D eigenvalue weighted by Crippen LogP contribution is 2.40. The average molecular weight is 1160 g/mol. The maximum absolute atomic E-state index is 5.83. The van der Waals surface area contributed by atoms with Crippen molar-refractivity contribution in [1.29, 1.82) is 0 Å². The first kappa shape index (κ1) is 50.0. The third-order valence-corrected chi connectivity index (χ3v) is 29.2. The van der Waals surface area contributed by atoms with Crippen LogP contribution in [0.25, 0.3) is 116 Å². The lowest BCUT2D eigenvalue weighted by molar-refractivity contribution is 1.14. The van der Waals surface area contributed by atoms with Gasteiger partial charge in [0, 0.05) is 60.4 Å². The maximum atomic E-state index is 5.83. The normalized spacial score (nSPS) is 15.7. The molecule has 0 amide bonds. The van der Waals surface area contributed by atoms with Gasteiger partial charge in [-0.05, 0) is 96.1 Å². The number of para-hydroxylation sites is 9. The molecule has 0 bridgehead atoms. The van der Waals surface area contributed by atoms with Gasteiger partial charge in [0.2, 0.25) is 0 Å². The lowest BCUT2D eigenvalue weighted by Gasteiger charge is -2.40. The van der Waals surface area contributed by atoms with Gasteiger partial charge in [0.25, 0.3) is 0 Å². The molecule has 414 valence electrons. The van der Waals surface area contributed by atoms with Crippen LogP contribution in [0.1, 0.15) is 0 Å². The number of nitrogens with zero attached hydrogens (tertiary/aromatic N) is 5. The van der Waals surface area contributed by atoms with Gasteiger partial charge in [-0.25, -0.2) is 9.97 Å². The van der Waals surface area contributed by atoms with Crippen LogP contribution in [0.15, 0.2) is 322 Å². The summed E-state index contributed by atoms with van der Waals surface area (Å²) in [7, 11) is -6.21. The molecule has 0 aliphatic carbocycles. The second kappa shape index (κ2) is 19.1. The second-order valence-electron chi connectivity index (χ2n) is 23.9. The first-order valence-electron chi connectivity index (χ1n) is 30.7. The van der Waals surface area contributed by atoms with Crippen molar-refractivity contribution >= 4 is 123 Å². The topological polar surface area (TPSA) is 40.6 Å². The van der Waals surface area contributed by atoms with E-state index in [4.69, 9.17) is 9.97 Å². The van der Waals surface area contributed by atoms with Gasteiger partial charge < -0.3 is 13.7 Å². The van der Waals surface area contributed by atoms with E-state index in [1.54, 1.807) is 0 Å². The van der Waals surface area contributed by atoms with Crippen LogP contribution in [0.3, 0.4) is 0 Å². The highest BCUT2D eigenvalue weighted by Gasteiger charge is 2.49. The fraction of sp³-hybridized carbons (Fsp3) is 0. The molecule has 6 heterocycles. The molecule has 2 unspecified atom stereocenters. The molecule has 0 saturated heterocycles. The Morgan fingerprint density at radius 2 is 0.573 bits per heavy atom. The Balaban J connectivity index is 0.880. The minimum atomic E-state index is -3.10. The van der Waals surface area contributed by atoms with E-state index in [0.29, 0.717) is 5.82 Å². The Bertz CT molecular complexity index is 5450. The van der Waals surface area contributed by atoms with Gasteiger partial charge in [0.15, 0.2) is 22.0 Å². The number of hydrogen-bond acceptors (Lipinski definition) is 2. The highest BCUT2D eigenvalue weighted by atomic mass is 28.3. The lowest BCUT2D eigenvalue weighted by atomic mass is 10.1. The molecule has 4 aromatic heterocycles. The van der Waals surface area contributed by atoms with Crippen LogP contribution in [0, 0.1) is 0 Å². The third kappa shape index (κ3) is 6.88. The smallest absolute Gasteiger partial charge is 0.184 e. The van der Waals surface area contributed by atoms with Crippen LogP contribution in [-0.4, -0.2) is 39.8 Å². The molecule has 17 aromatic rings. The predicted octanol–water partition coefficient (Wildman–Crippen LogP) is 14.2. The van der Waals surface area contributed by atoms with Crippen molar-refractivity contribution in [2.24, 2.45) is 0 Å². The summed E-state index contributed by atoms with van der Waals surface area (Å²) < 4.78 is 7.48. The van der Waals surface area contributed by atoms with Gasteiger partial charge in [-0.2, -0.15) is 0 Å². The molecular formula is C82H53N5Si2. The van der Waals surface area contributed by atoms with Crippen LogP contribution < -0.4 is 41.5 Å². The molecule has 13 aromatic carbocycles. The Morgan fingerprint density at radius 3 is 1.04 bits per heavy atom. The molecule has 2 atom stereocenters. The monoisotopic (exact) mass is 1160 g/mol. The van der Waals surface area contributed by atoms with Crippen molar-refractivity contribution in [3.05, 3.63) is 322 Å². The van der Waals surface area contributed by atoms with Crippen LogP contribution in [0.5, 0.6) is 0 Å². The molecule has 2 aliphatic rings. The van der Waals surface area contributed by atoms with Gasteiger partial charge in [-0.1, -0.05) is 267 Å². The Kier molecular flexibility index (Phi) is 10.7. The maximum Gasteiger partial charge on any atom is 0.184 e. The molecule has 89 heavy (non-hydrogen) atoms. The fourth-order valence-corrected chi connectivity index (χ4v) is 26.4. The molecule has 0 saturated carbocycles. The molecule has 7 heteroatoms. The summed E-state index contributed by atoms with van der Waals surface area (Å²) >= 11 is 0. The summed E-state index contributed by atoms with van der Waals surface area (Å²) in [5, 5.41) is 18.3. The summed E-state index contributed by atoms with van der Waals surface area (Å²) in [5.41, 5.74) is 15.5. The standard InChI is InChI=1S/C82H53N5Si2/c1-3-27-56(28-4-1)88(76-47-19-17-45-74(76)86-71-42-14-9-35-62(71)64-38-23-49-78(88)80(64)86)58-31-21-25-54(51-58)67-53-68(84-82(83-67)66-37-11-16-44-73(66)85-69-40-12-7-33-60(69)61-34-8-13-41-70(61)85)55-26-22-32-59(52-55)89(57-29-5-2-6-30-57)77-48-20-18-46-75(77)87-72-43-15-10-36-63(72)65-39-24-50-79(89)81(65)87/h1-53H. The van der Waals surface area contributed by atoms with Crippen molar-refractivity contribution < 1.29 is 0 Å². The van der Waals surface area contributed by atoms with Gasteiger partial charge in [0.1, 0.15) is 0 Å². The largest absolute Gasteiger partial charge is 0.309 e. The summed E-state index contributed by atoms with van der Waals surface area (Å²) in [6.45, 7) is 0. The van der Waals surface area contributed by atoms with E-state index >= 15 is 0 Å². The van der Waals surface area contributed by atoms with Crippen molar-refractivity contribution in [3.63, 3.8) is 0 Å². The summed E-state index contributed by atoms with van der Waals surface area (Å²) in [6, 6.07) is 120. The fourth-order valence-electron chi connectivity index (χ4n) is 16.1. The molecule has 2 aliphatic heterocycles. The summed E-state index contributed by atoms with van der Waals surface area (Å²) in [6.07, 6.45) is 0. The second-order valence-corrected chi connectivity index (χ2v) is 31.3. The zero-order chi connectivity index (χ0) is 58.4. The highest BCUT2D eigenvalue weighted by molar-refractivity contribution is 7.22. The first-order valence-corrected chi connectivity index (χ1v) is 34.7. The molecule has 0 spiro atoms. The van der Waals surface area contributed by atoms with E-state index in [1.165, 1.54) is 107 Å². The number of rotatable bonds is 8. The minimum absolute atomic E-state index is 0.658. The predicted molar refractivity (Wildman–Crippen MR) is 376 cm³/mol. The lowest BCUT2D eigenvalue weighted by Crippen LogP contribution is -2.76. The van der Waals surface area contributed by atoms with Crippen molar-refractivity contribution in [2.45, 2.75) is 0 Å². The molecule has 5 nitrogen and oxygen atoms in total. The molecule has 0 radical (unpaired) electrons. The summed E-state index contributed by atoms with van der Waals surface area (Å²) in [4.78, 5) is 11.7. The zero-order valence-corrected chi connectivity index (χ0v) is 50.3. The quantitative estimate of drug-likeness (QED) is 0.142. The van der Waals surface area contributed by atoms with E-state index in [9.17, 15) is 0 Å². The Morgan fingerprint density at radius 1 is 0.236 bits per heavy atom. The van der Waals surface area contributed by atoms with Crippen molar-refractivity contribution in [1.82, 2.24) is 23.7 Å². The van der Waals surface area contributed by atoms with Crippen LogP contribution in [0.2, 0.25) is 0 Å². The van der Waals surface area contributed by atoms with E-state index < -0.39 is 16.1 Å². The zero-order valence-electron chi connectivity index (χ0n) is 48.3. The first-order chi connectivity index (χ1) is 44.2. The SMILES string of the molecule is c1ccc([Si]2(c3cccc(-c4cc(-c5cccc([Si]6(c7ccccc7)c7ccccc7-n7c8ccccc8c8cccc6c87)c5)nc(-c5ccccc5-n5c6ccccc6c6ccccc65)n4)c3)c3ccccc3-n3c4ccccc4c4cccc2c43)cc1. The summed E-state index contributed by atoms with van der Waals surface area (Å²) in [5.74, 6) is 0.658. The van der Waals surface area contributed by atoms with E-state index in [0.717, 1.165) is 44.8 Å². The average Bonchev–Trinajstić information content (AvgIpc) is 1.66. The Hall–Kier alpha value is -11.2. The molecule has 19 rings (SSSR count). The Labute approximate surface area is 516 Å². The number of fused-ring (bicyclic) bond motifs is 13. The van der Waals surface area contributed by atoms with Crippen LogP contribution >= 0.6 is 0 Å². The third-order valence-electron chi connectivity index (χ3n) is 19.6. The van der Waals surface area contributed by atoms with Crippen molar-refractivity contribution in [2.75, 3.05) is 0 Å². The van der Waals surface area contributed by atoms with Crippen LogP contribution in [-0.2, 0) is 0 Å². The minimum Gasteiger partial charge on any atom is -0.309 e. The van der Waals surface area contributed by atoms with Crippen molar-refractivity contribution in [3.8, 4) is 51.0 Å². The van der Waals surface area contributed by atoms with Gasteiger partial charge in [0.05, 0.1) is 50.2 Å². The number of hydrogen-bond donors (Lipinski definition) is 0. The van der Waals surface area contributed by atoms with E-state index in [-0.39, 0.29) is 0 Å². The van der Waals surface area contributed by atoms with Gasteiger partial charge >= 0.3 is 0 Å². The van der Waals surface area contributed by atoms with Gasteiger partial charge in [-0.3, -0.25) is 0 Å². The van der Waals surface area contributed by atoms with Gasteiger partial charge in [-0.15, -0.1) is 0 Å².